The molecule has 0 saturated carbocycles. The Morgan fingerprint density at radius 2 is 1.00 bits per heavy atom. The topological polar surface area (TPSA) is 86.6 Å². The number of hydrogen-bond acceptors (Lipinski definition) is 3. The van der Waals surface area contributed by atoms with Gasteiger partial charge in [-0.3, -0.25) is 9.11 Å². The van der Waals surface area contributed by atoms with E-state index in [0.717, 1.165) is 0 Å². The van der Waals surface area contributed by atoms with Crippen molar-refractivity contribution in [2.45, 2.75) is 52.6 Å². The van der Waals surface area contributed by atoms with Gasteiger partial charge in [0, 0.05) is 11.1 Å². The van der Waals surface area contributed by atoms with Crippen molar-refractivity contribution in [3.63, 3.8) is 0 Å². The summed E-state index contributed by atoms with van der Waals surface area (Å²) in [6, 6.07) is 0. The van der Waals surface area contributed by atoms with Gasteiger partial charge in [-0.25, -0.2) is 0 Å². The fraction of sp³-hybridized carbons (Fsp3) is 1.00. The van der Waals surface area contributed by atoms with Gasteiger partial charge in [0.1, 0.15) is 0 Å². The van der Waals surface area contributed by atoms with E-state index in [2.05, 4.69) is 46.9 Å². The van der Waals surface area contributed by atoms with Gasteiger partial charge in [-0.05, 0) is 41.5 Å². The summed E-state index contributed by atoms with van der Waals surface area (Å²) in [6.07, 6.45) is 0. The molecule has 0 saturated heterocycles. The average Bonchev–Trinajstić information content (AvgIpc) is 1.42. The maximum Gasteiger partial charge on any atom is 0.394 e. The molecule has 6 heteroatoms. The van der Waals surface area contributed by atoms with Crippen molar-refractivity contribution in [3.05, 3.63) is 0 Å². The second-order valence-electron chi connectivity index (χ2n) is 5.07. The Morgan fingerprint density at radius 1 is 0.857 bits per heavy atom. The zero-order valence-corrected chi connectivity index (χ0v) is 10.4. The van der Waals surface area contributed by atoms with Crippen LogP contribution in [0.15, 0.2) is 0 Å². The molecule has 0 bridgehead atoms. The van der Waals surface area contributed by atoms with Crippen LogP contribution in [0.5, 0.6) is 0 Å². The first-order chi connectivity index (χ1) is 5.71. The molecule has 0 radical (unpaired) electrons. The highest BCUT2D eigenvalue weighted by molar-refractivity contribution is 7.79. The molecule has 0 fully saturated rings. The summed E-state index contributed by atoms with van der Waals surface area (Å²) in [5.41, 5.74) is 0.469. The molecule has 0 aliphatic heterocycles. The highest BCUT2D eigenvalue weighted by Gasteiger charge is 2.17. The summed E-state index contributed by atoms with van der Waals surface area (Å²) in [5, 5.41) is 3.46. The van der Waals surface area contributed by atoms with Crippen LogP contribution in [0.1, 0.15) is 41.5 Å². The fourth-order valence-electron chi connectivity index (χ4n) is 1.12. The molecule has 0 unspecified atom stereocenters. The van der Waals surface area contributed by atoms with E-state index in [-0.39, 0.29) is 11.1 Å². The predicted molar refractivity (Wildman–Crippen MR) is 56.8 cm³/mol. The Bertz CT molecular complexity index is 225. The van der Waals surface area contributed by atoms with Gasteiger partial charge in [0.25, 0.3) is 0 Å². The van der Waals surface area contributed by atoms with Gasteiger partial charge in [0.05, 0.1) is 0 Å². The van der Waals surface area contributed by atoms with E-state index < -0.39 is 10.4 Å². The minimum Gasteiger partial charge on any atom is -0.307 e. The van der Waals surface area contributed by atoms with Gasteiger partial charge in [-0.1, -0.05) is 0 Å². The maximum absolute atomic E-state index is 8.74. The molecule has 3 N–H and O–H groups in total. The maximum atomic E-state index is 8.74. The van der Waals surface area contributed by atoms with Crippen LogP contribution in [0, 0.1) is 0 Å². The van der Waals surface area contributed by atoms with Crippen LogP contribution < -0.4 is 5.32 Å². The summed E-state index contributed by atoms with van der Waals surface area (Å²) < 4.78 is 31.6. The smallest absolute Gasteiger partial charge is 0.307 e. The van der Waals surface area contributed by atoms with Gasteiger partial charge < -0.3 is 5.32 Å². The first-order valence-electron chi connectivity index (χ1n) is 4.20. The Balaban J connectivity index is 0. The molecule has 0 aliphatic rings. The van der Waals surface area contributed by atoms with E-state index in [1.165, 1.54) is 0 Å². The average molecular weight is 227 g/mol. The van der Waals surface area contributed by atoms with E-state index >= 15 is 0 Å². The highest BCUT2D eigenvalue weighted by Crippen LogP contribution is 2.08. The van der Waals surface area contributed by atoms with Crippen LogP contribution in [-0.2, 0) is 10.4 Å². The molecular formula is C8H21NO4S. The lowest BCUT2D eigenvalue weighted by Gasteiger charge is -2.31. The number of nitrogens with one attached hydrogen (secondary N) is 1. The lowest BCUT2D eigenvalue weighted by molar-refractivity contribution is 0.303. The van der Waals surface area contributed by atoms with Gasteiger partial charge in [0.2, 0.25) is 0 Å². The Morgan fingerprint density at radius 3 is 1.00 bits per heavy atom. The molecule has 0 spiro atoms. The minimum atomic E-state index is -4.67. The molecule has 0 aromatic carbocycles. The van der Waals surface area contributed by atoms with Crippen LogP contribution >= 0.6 is 0 Å². The molecule has 0 amide bonds. The molecule has 0 aromatic heterocycles. The van der Waals surface area contributed by atoms with Gasteiger partial charge >= 0.3 is 10.4 Å². The van der Waals surface area contributed by atoms with E-state index in [1.807, 2.05) is 0 Å². The molecule has 0 heterocycles. The van der Waals surface area contributed by atoms with Crippen molar-refractivity contribution in [3.8, 4) is 0 Å². The van der Waals surface area contributed by atoms with Crippen molar-refractivity contribution in [1.82, 2.24) is 5.32 Å². The molecule has 0 aliphatic carbocycles. The summed E-state index contributed by atoms with van der Waals surface area (Å²) in [4.78, 5) is 0. The molecule has 5 nitrogen and oxygen atoms in total. The van der Waals surface area contributed by atoms with E-state index in [0.29, 0.717) is 0 Å². The zero-order valence-electron chi connectivity index (χ0n) is 9.62. The molecule has 0 aromatic rings. The third-order valence-electron chi connectivity index (χ3n) is 0.750. The fourth-order valence-corrected chi connectivity index (χ4v) is 1.12. The molecule has 88 valence electrons. The minimum absolute atomic E-state index is 0.234. The normalized spacial score (nSPS) is 13.1. The van der Waals surface area contributed by atoms with Crippen molar-refractivity contribution in [2.24, 2.45) is 0 Å². The van der Waals surface area contributed by atoms with Crippen LogP contribution in [0.25, 0.3) is 0 Å². The van der Waals surface area contributed by atoms with E-state index in [1.54, 1.807) is 0 Å². The van der Waals surface area contributed by atoms with Crippen molar-refractivity contribution >= 4 is 10.4 Å². The monoisotopic (exact) mass is 227 g/mol. The van der Waals surface area contributed by atoms with Gasteiger partial charge in [0.15, 0.2) is 0 Å². The standard InChI is InChI=1S/C8H19N.H2O4S/c1-7(2,3)9-8(4,5)6;1-5(2,3)4/h9H,1-6H3;(H2,1,2,3,4). The van der Waals surface area contributed by atoms with Crippen molar-refractivity contribution in [2.75, 3.05) is 0 Å². The van der Waals surface area contributed by atoms with Crippen LogP contribution in [-0.4, -0.2) is 28.6 Å². The Hall–Kier alpha value is -0.170. The Labute approximate surface area is 86.5 Å². The van der Waals surface area contributed by atoms with Crippen LogP contribution in [0.2, 0.25) is 0 Å². The number of hydrogen-bond donors (Lipinski definition) is 3. The quantitative estimate of drug-likeness (QED) is 0.546. The number of rotatable bonds is 0. The molecule has 14 heavy (non-hydrogen) atoms. The second-order valence-corrected chi connectivity index (χ2v) is 5.97. The van der Waals surface area contributed by atoms with Crippen LogP contribution in [0.3, 0.4) is 0 Å². The third-order valence-corrected chi connectivity index (χ3v) is 0.750. The summed E-state index contributed by atoms with van der Waals surface area (Å²) in [7, 11) is -4.67. The molecule has 0 rings (SSSR count). The molecule has 0 atom stereocenters. The van der Waals surface area contributed by atoms with Crippen molar-refractivity contribution < 1.29 is 17.5 Å². The van der Waals surface area contributed by atoms with Gasteiger partial charge in [-0.2, -0.15) is 8.42 Å². The first-order valence-corrected chi connectivity index (χ1v) is 5.60. The predicted octanol–water partition coefficient (Wildman–Crippen LogP) is 1.52. The van der Waals surface area contributed by atoms with Crippen molar-refractivity contribution in [1.29, 1.82) is 0 Å². The molecular weight excluding hydrogens is 206 g/mol. The third kappa shape index (κ3) is 40.8. The van der Waals surface area contributed by atoms with Crippen LogP contribution in [0.4, 0.5) is 0 Å². The SMILES string of the molecule is CC(C)(C)NC(C)(C)C.O=S(=O)(O)O. The highest BCUT2D eigenvalue weighted by atomic mass is 32.3. The lowest BCUT2D eigenvalue weighted by Crippen LogP contribution is -2.48. The first kappa shape index (κ1) is 16.3. The van der Waals surface area contributed by atoms with Gasteiger partial charge in [-0.15, -0.1) is 0 Å². The summed E-state index contributed by atoms with van der Waals surface area (Å²) in [6.45, 7) is 13.1. The lowest BCUT2D eigenvalue weighted by atomic mass is 10.0. The second kappa shape index (κ2) is 5.06. The van der Waals surface area contributed by atoms with E-state index in [9.17, 15) is 0 Å². The summed E-state index contributed by atoms with van der Waals surface area (Å²) >= 11 is 0. The largest absolute Gasteiger partial charge is 0.394 e. The van der Waals surface area contributed by atoms with E-state index in [4.69, 9.17) is 17.5 Å². The summed E-state index contributed by atoms with van der Waals surface area (Å²) in [5.74, 6) is 0. The Kier molecular flexibility index (Phi) is 5.88. The zero-order chi connectivity index (χ0) is 12.2.